The summed E-state index contributed by atoms with van der Waals surface area (Å²) in [5.41, 5.74) is 0. The number of benzene rings is 2. The van der Waals surface area contributed by atoms with Crippen LogP contribution < -0.4 is 10.1 Å². The fourth-order valence-electron chi connectivity index (χ4n) is 3.58. The molecule has 29 heavy (non-hydrogen) atoms. The molecule has 8 heteroatoms. The molecule has 1 aliphatic rings. The molecule has 2 aromatic rings. The quantitative estimate of drug-likeness (QED) is 0.627. The second-order valence-corrected chi connectivity index (χ2v) is 9.74. The molecule has 0 bridgehead atoms. The lowest BCUT2D eigenvalue weighted by atomic mass is 10.1. The van der Waals surface area contributed by atoms with Gasteiger partial charge in [-0.15, -0.1) is 0 Å². The van der Waals surface area contributed by atoms with Crippen molar-refractivity contribution in [2.45, 2.75) is 41.7 Å². The van der Waals surface area contributed by atoms with Gasteiger partial charge in [0.15, 0.2) is 26.2 Å². The first-order valence-corrected chi connectivity index (χ1v) is 11.4. The van der Waals surface area contributed by atoms with Gasteiger partial charge in [0.2, 0.25) is 5.91 Å². The molecule has 1 N–H and O–H groups in total. The molecule has 3 rings (SSSR count). The fourth-order valence-corrected chi connectivity index (χ4v) is 5.80. The highest BCUT2D eigenvalue weighted by Gasteiger charge is 2.52. The van der Waals surface area contributed by atoms with E-state index in [2.05, 4.69) is 5.32 Å². The van der Waals surface area contributed by atoms with Crippen LogP contribution in [0.25, 0.3) is 0 Å². The fraction of sp³-hybridized carbons (Fsp3) is 0.381. The van der Waals surface area contributed by atoms with Crippen LogP contribution in [0.5, 0.6) is 5.75 Å². The van der Waals surface area contributed by atoms with Gasteiger partial charge in [-0.3, -0.25) is 4.79 Å². The van der Waals surface area contributed by atoms with Crippen molar-refractivity contribution in [3.63, 3.8) is 0 Å². The van der Waals surface area contributed by atoms with Crippen molar-refractivity contribution in [2.75, 3.05) is 13.2 Å². The Kier molecular flexibility index (Phi) is 6.80. The standard InChI is InChI=1S/C21H23ClFNO4S/c22-16-8-10-17(11-9-16)29(26,27)21(12-3-4-13-21)20(25)24-14-5-15-28-19-7-2-1-6-18(19)23/h1-2,6-11H,3-5,12-15H2,(H,24,25). The van der Waals surface area contributed by atoms with Gasteiger partial charge in [-0.05, 0) is 55.7 Å². The third-order valence-electron chi connectivity index (χ3n) is 5.16. The van der Waals surface area contributed by atoms with Crippen LogP contribution in [0.3, 0.4) is 0 Å². The maximum absolute atomic E-state index is 13.5. The van der Waals surface area contributed by atoms with E-state index in [0.29, 0.717) is 24.3 Å². The van der Waals surface area contributed by atoms with E-state index < -0.39 is 26.3 Å². The van der Waals surface area contributed by atoms with E-state index in [1.54, 1.807) is 12.1 Å². The largest absolute Gasteiger partial charge is 0.490 e. The summed E-state index contributed by atoms with van der Waals surface area (Å²) in [6.45, 7) is 0.448. The first-order valence-electron chi connectivity index (χ1n) is 9.53. The van der Waals surface area contributed by atoms with Crippen molar-refractivity contribution in [1.82, 2.24) is 5.32 Å². The summed E-state index contributed by atoms with van der Waals surface area (Å²) in [5.74, 6) is -0.789. The van der Waals surface area contributed by atoms with Gasteiger partial charge in [-0.2, -0.15) is 0 Å². The summed E-state index contributed by atoms with van der Waals surface area (Å²) in [6, 6.07) is 12.0. The van der Waals surface area contributed by atoms with Gasteiger partial charge in [0.25, 0.3) is 0 Å². The topological polar surface area (TPSA) is 72.5 Å². The molecule has 0 unspecified atom stereocenters. The van der Waals surface area contributed by atoms with Gasteiger partial charge in [-0.1, -0.05) is 36.6 Å². The van der Waals surface area contributed by atoms with Crippen LogP contribution in [-0.2, 0) is 14.6 Å². The summed E-state index contributed by atoms with van der Waals surface area (Å²) in [6.07, 6.45) is 2.36. The van der Waals surface area contributed by atoms with Crippen LogP contribution in [-0.4, -0.2) is 32.2 Å². The molecule has 1 aliphatic carbocycles. The monoisotopic (exact) mass is 439 g/mol. The molecule has 0 atom stereocenters. The van der Waals surface area contributed by atoms with Gasteiger partial charge in [0.05, 0.1) is 11.5 Å². The smallest absolute Gasteiger partial charge is 0.241 e. The first-order chi connectivity index (χ1) is 13.9. The summed E-state index contributed by atoms with van der Waals surface area (Å²) in [7, 11) is -3.86. The van der Waals surface area contributed by atoms with Crippen molar-refractivity contribution < 1.29 is 22.3 Å². The molecule has 1 amide bonds. The number of halogens is 2. The minimum Gasteiger partial charge on any atom is -0.490 e. The highest BCUT2D eigenvalue weighted by Crippen LogP contribution is 2.41. The number of ether oxygens (including phenoxy) is 1. The second-order valence-electron chi connectivity index (χ2n) is 7.05. The predicted octanol–water partition coefficient (Wildman–Crippen LogP) is 4.15. The van der Waals surface area contributed by atoms with Crippen molar-refractivity contribution in [3.05, 3.63) is 59.4 Å². The number of para-hydroxylation sites is 1. The summed E-state index contributed by atoms with van der Waals surface area (Å²) < 4.78 is 43.9. The molecule has 5 nitrogen and oxygen atoms in total. The number of hydrogen-bond acceptors (Lipinski definition) is 4. The molecular weight excluding hydrogens is 417 g/mol. The highest BCUT2D eigenvalue weighted by atomic mass is 35.5. The zero-order valence-corrected chi connectivity index (χ0v) is 17.4. The Hall–Kier alpha value is -2.12. The van der Waals surface area contributed by atoms with Crippen molar-refractivity contribution in [1.29, 1.82) is 0 Å². The average molecular weight is 440 g/mol. The highest BCUT2D eigenvalue weighted by molar-refractivity contribution is 7.93. The maximum atomic E-state index is 13.5. The summed E-state index contributed by atoms with van der Waals surface area (Å²) in [4.78, 5) is 13.0. The van der Waals surface area contributed by atoms with E-state index in [0.717, 1.165) is 0 Å². The lowest BCUT2D eigenvalue weighted by Crippen LogP contribution is -2.50. The van der Waals surface area contributed by atoms with E-state index >= 15 is 0 Å². The maximum Gasteiger partial charge on any atom is 0.241 e. The molecule has 156 valence electrons. The van der Waals surface area contributed by atoms with E-state index in [1.165, 1.54) is 36.4 Å². The lowest BCUT2D eigenvalue weighted by molar-refractivity contribution is -0.123. The number of hydrogen-bond donors (Lipinski definition) is 1. The normalized spacial score (nSPS) is 15.8. The van der Waals surface area contributed by atoms with E-state index in [-0.39, 0.29) is 36.6 Å². The van der Waals surface area contributed by atoms with Crippen LogP contribution in [0.15, 0.2) is 53.4 Å². The van der Waals surface area contributed by atoms with Gasteiger partial charge in [0, 0.05) is 11.6 Å². The second kappa shape index (κ2) is 9.13. The first kappa shape index (κ1) is 21.6. The minimum atomic E-state index is -3.86. The number of sulfone groups is 1. The summed E-state index contributed by atoms with van der Waals surface area (Å²) in [5, 5.41) is 3.17. The molecule has 0 spiro atoms. The van der Waals surface area contributed by atoms with Gasteiger partial charge in [0.1, 0.15) is 0 Å². The molecule has 0 saturated heterocycles. The van der Waals surface area contributed by atoms with Crippen LogP contribution in [0, 0.1) is 5.82 Å². The van der Waals surface area contributed by atoms with Crippen LogP contribution in [0.1, 0.15) is 32.1 Å². The Labute approximate surface area is 175 Å². The Morgan fingerprint density at radius 3 is 2.41 bits per heavy atom. The number of amides is 1. The van der Waals surface area contributed by atoms with E-state index in [1.807, 2.05) is 0 Å². The summed E-state index contributed by atoms with van der Waals surface area (Å²) >= 11 is 5.86. The Balaban J connectivity index is 1.62. The molecule has 1 fully saturated rings. The third kappa shape index (κ3) is 4.56. The van der Waals surface area contributed by atoms with Gasteiger partial charge < -0.3 is 10.1 Å². The zero-order valence-electron chi connectivity index (χ0n) is 15.9. The number of rotatable bonds is 8. The lowest BCUT2D eigenvalue weighted by Gasteiger charge is -2.27. The van der Waals surface area contributed by atoms with Crippen LogP contribution >= 0.6 is 11.6 Å². The van der Waals surface area contributed by atoms with E-state index in [9.17, 15) is 17.6 Å². The number of carbonyl (C=O) groups is 1. The Bertz CT molecular complexity index is 957. The molecule has 0 aliphatic heterocycles. The molecule has 1 saturated carbocycles. The predicted molar refractivity (Wildman–Crippen MR) is 109 cm³/mol. The van der Waals surface area contributed by atoms with Crippen molar-refractivity contribution in [3.8, 4) is 5.75 Å². The number of nitrogens with one attached hydrogen (secondary N) is 1. The van der Waals surface area contributed by atoms with Crippen LogP contribution in [0.4, 0.5) is 4.39 Å². The molecular formula is C21H23ClFNO4S. The molecule has 2 aromatic carbocycles. The SMILES string of the molecule is O=C(NCCCOc1ccccc1F)C1(S(=O)(=O)c2ccc(Cl)cc2)CCCC1. The number of carbonyl (C=O) groups excluding carboxylic acids is 1. The van der Waals surface area contributed by atoms with Gasteiger partial charge in [-0.25, -0.2) is 12.8 Å². The van der Waals surface area contributed by atoms with Crippen molar-refractivity contribution >= 4 is 27.3 Å². The van der Waals surface area contributed by atoms with Crippen LogP contribution in [0.2, 0.25) is 5.02 Å². The van der Waals surface area contributed by atoms with E-state index in [4.69, 9.17) is 16.3 Å². The van der Waals surface area contributed by atoms with Gasteiger partial charge >= 0.3 is 0 Å². The third-order valence-corrected chi connectivity index (χ3v) is 7.93. The Morgan fingerprint density at radius 1 is 1.10 bits per heavy atom. The zero-order chi connectivity index (χ0) is 20.9. The average Bonchev–Trinajstić information content (AvgIpc) is 3.21. The van der Waals surface area contributed by atoms with Crippen molar-refractivity contribution in [2.24, 2.45) is 0 Å². The Morgan fingerprint density at radius 2 is 1.76 bits per heavy atom. The molecule has 0 heterocycles. The molecule has 0 radical (unpaired) electrons. The minimum absolute atomic E-state index is 0.0989. The molecule has 0 aromatic heterocycles.